The molecule has 1 N–H and O–H groups in total. The average Bonchev–Trinajstić information content (AvgIpc) is 2.89. The van der Waals surface area contributed by atoms with Crippen LogP contribution in [0.5, 0.6) is 5.75 Å². The first kappa shape index (κ1) is 23.9. The molecule has 3 aliphatic heterocycles. The summed E-state index contributed by atoms with van der Waals surface area (Å²) >= 11 is 0. The summed E-state index contributed by atoms with van der Waals surface area (Å²) in [5, 5.41) is 3.87. The van der Waals surface area contributed by atoms with Crippen molar-refractivity contribution in [2.75, 3.05) is 32.1 Å². The van der Waals surface area contributed by atoms with Crippen LogP contribution in [0, 0.1) is 11.8 Å². The van der Waals surface area contributed by atoms with Gasteiger partial charge in [-0.05, 0) is 72.0 Å². The highest BCUT2D eigenvalue weighted by molar-refractivity contribution is 5.59. The number of hydrogen-bond acceptors (Lipinski definition) is 3. The topological polar surface area (TPSA) is 24.5 Å². The minimum atomic E-state index is 0.104. The van der Waals surface area contributed by atoms with E-state index in [1.54, 1.807) is 7.11 Å². The van der Waals surface area contributed by atoms with Crippen LogP contribution in [0.4, 0.5) is 5.69 Å². The summed E-state index contributed by atoms with van der Waals surface area (Å²) in [6.45, 7) is 10.2. The van der Waals surface area contributed by atoms with Gasteiger partial charge in [0.15, 0.2) is 0 Å². The van der Waals surface area contributed by atoms with Crippen molar-refractivity contribution in [2.45, 2.75) is 51.0 Å². The first-order valence-electron chi connectivity index (χ1n) is 13.2. The zero-order valence-electron chi connectivity index (χ0n) is 21.7. The van der Waals surface area contributed by atoms with E-state index >= 15 is 0 Å². The van der Waals surface area contributed by atoms with Crippen LogP contribution < -0.4 is 10.1 Å². The lowest BCUT2D eigenvalue weighted by Gasteiger charge is -2.54. The Hall–Kier alpha value is -2.78. The van der Waals surface area contributed by atoms with Crippen LogP contribution >= 0.6 is 0 Å². The fourth-order valence-corrected chi connectivity index (χ4v) is 6.39. The Morgan fingerprint density at radius 2 is 1.49 bits per heavy atom. The highest BCUT2D eigenvalue weighted by Gasteiger charge is 2.46. The molecule has 3 aliphatic rings. The lowest BCUT2D eigenvalue weighted by molar-refractivity contribution is -0.0117. The summed E-state index contributed by atoms with van der Waals surface area (Å²) in [6.07, 6.45) is 2.61. The molecule has 3 saturated heterocycles. The third kappa shape index (κ3) is 4.97. The van der Waals surface area contributed by atoms with Crippen LogP contribution in [-0.2, 0) is 5.41 Å². The Morgan fingerprint density at radius 1 is 0.886 bits per heavy atom. The normalized spacial score (nSPS) is 23.9. The molecule has 3 heterocycles. The molecule has 2 bridgehead atoms. The van der Waals surface area contributed by atoms with Crippen LogP contribution in [-0.4, -0.2) is 37.7 Å². The second kappa shape index (κ2) is 10.1. The van der Waals surface area contributed by atoms with E-state index in [-0.39, 0.29) is 5.41 Å². The van der Waals surface area contributed by atoms with Gasteiger partial charge < -0.3 is 10.1 Å². The molecule has 0 saturated carbocycles. The van der Waals surface area contributed by atoms with E-state index in [1.807, 2.05) is 0 Å². The van der Waals surface area contributed by atoms with Crippen molar-refractivity contribution in [2.24, 2.45) is 11.8 Å². The molecule has 3 heteroatoms. The molecule has 3 nitrogen and oxygen atoms in total. The van der Waals surface area contributed by atoms with Gasteiger partial charge in [-0.15, -0.1) is 0 Å². The molecule has 0 radical (unpaired) electrons. The van der Waals surface area contributed by atoms with Gasteiger partial charge in [0.1, 0.15) is 5.75 Å². The number of benzene rings is 3. The third-order valence-electron chi connectivity index (χ3n) is 8.29. The Morgan fingerprint density at radius 3 is 2.03 bits per heavy atom. The number of fused-ring (bicyclic) bond motifs is 3. The van der Waals surface area contributed by atoms with E-state index < -0.39 is 0 Å². The zero-order chi connectivity index (χ0) is 24.4. The maximum absolute atomic E-state index is 5.75. The largest absolute Gasteiger partial charge is 0.495 e. The van der Waals surface area contributed by atoms with Crippen molar-refractivity contribution in [1.29, 1.82) is 0 Å². The van der Waals surface area contributed by atoms with Crippen LogP contribution in [0.2, 0.25) is 0 Å². The van der Waals surface area contributed by atoms with E-state index in [1.165, 1.54) is 42.6 Å². The number of nitrogens with one attached hydrogen (secondary N) is 1. The van der Waals surface area contributed by atoms with E-state index in [0.717, 1.165) is 23.9 Å². The van der Waals surface area contributed by atoms with Crippen LogP contribution in [0.1, 0.15) is 56.2 Å². The van der Waals surface area contributed by atoms with Gasteiger partial charge in [-0.2, -0.15) is 0 Å². The highest BCUT2D eigenvalue weighted by Crippen LogP contribution is 2.45. The van der Waals surface area contributed by atoms with Crippen molar-refractivity contribution >= 4 is 5.69 Å². The molecule has 0 spiro atoms. The van der Waals surface area contributed by atoms with Crippen LogP contribution in [0.15, 0.2) is 78.9 Å². The highest BCUT2D eigenvalue weighted by atomic mass is 16.5. The number of piperidine rings is 3. The summed E-state index contributed by atoms with van der Waals surface area (Å²) in [5.41, 5.74) is 5.40. The molecule has 0 unspecified atom stereocenters. The van der Waals surface area contributed by atoms with E-state index in [0.29, 0.717) is 17.9 Å². The van der Waals surface area contributed by atoms with E-state index in [2.05, 4.69) is 110 Å². The van der Waals surface area contributed by atoms with E-state index in [4.69, 9.17) is 4.74 Å². The van der Waals surface area contributed by atoms with Gasteiger partial charge >= 0.3 is 0 Å². The van der Waals surface area contributed by atoms with Gasteiger partial charge in [0.25, 0.3) is 0 Å². The molecular weight excluding hydrogens is 428 g/mol. The number of rotatable bonds is 7. The summed E-state index contributed by atoms with van der Waals surface area (Å²) in [4.78, 5) is 2.78. The summed E-state index contributed by atoms with van der Waals surface area (Å²) in [7, 11) is 1.77. The monoisotopic (exact) mass is 468 g/mol. The molecular formula is C32H40N2O. The molecule has 2 atom stereocenters. The predicted molar refractivity (Wildman–Crippen MR) is 146 cm³/mol. The van der Waals surface area contributed by atoms with Gasteiger partial charge in [0, 0.05) is 18.5 Å². The lowest BCUT2D eigenvalue weighted by Crippen LogP contribution is -2.58. The lowest BCUT2D eigenvalue weighted by atomic mass is 9.67. The molecule has 184 valence electrons. The minimum absolute atomic E-state index is 0.104. The second-order valence-corrected chi connectivity index (χ2v) is 11.4. The first-order valence-corrected chi connectivity index (χ1v) is 13.2. The minimum Gasteiger partial charge on any atom is -0.495 e. The maximum atomic E-state index is 5.75. The fraction of sp³-hybridized carbons (Fsp3) is 0.438. The summed E-state index contributed by atoms with van der Waals surface area (Å²) in [5.74, 6) is 2.63. The molecule has 0 aromatic heterocycles. The molecule has 35 heavy (non-hydrogen) atoms. The standard InChI is InChI=1S/C32H40N2O/c1-32(2,3)26-15-16-29(35-4)28(21-26)33-22-27-23-17-19-34(20-18-23)31(27)30(24-11-7-5-8-12-24)25-13-9-6-10-14-25/h5-16,21,23,27,30-31,33H,17-20,22H2,1-4H3/t27-,31+/m0/s1. The third-order valence-corrected chi connectivity index (χ3v) is 8.29. The Labute approximate surface area is 211 Å². The number of methoxy groups -OCH3 is 1. The summed E-state index contributed by atoms with van der Waals surface area (Å²) in [6, 6.07) is 29.4. The Balaban J connectivity index is 1.48. The van der Waals surface area contributed by atoms with Gasteiger partial charge in [-0.3, -0.25) is 4.90 Å². The van der Waals surface area contributed by atoms with Crippen molar-refractivity contribution in [1.82, 2.24) is 4.90 Å². The van der Waals surface area contributed by atoms with Crippen molar-refractivity contribution in [3.63, 3.8) is 0 Å². The number of ether oxygens (including phenoxy) is 1. The summed E-state index contributed by atoms with van der Waals surface area (Å²) < 4.78 is 5.75. The second-order valence-electron chi connectivity index (χ2n) is 11.4. The zero-order valence-corrected chi connectivity index (χ0v) is 21.7. The van der Waals surface area contributed by atoms with Crippen LogP contribution in [0.3, 0.4) is 0 Å². The first-order chi connectivity index (χ1) is 17.0. The molecule has 3 aromatic rings. The van der Waals surface area contributed by atoms with Crippen LogP contribution in [0.25, 0.3) is 0 Å². The maximum Gasteiger partial charge on any atom is 0.141 e. The Bertz CT molecular complexity index is 1060. The molecule has 3 aromatic carbocycles. The molecule has 0 aliphatic carbocycles. The quantitative estimate of drug-likeness (QED) is 0.406. The SMILES string of the molecule is COc1ccc(C(C)(C)C)cc1NC[C@H]1C2CCN(CC2)[C@H]1C(c1ccccc1)c1ccccc1. The molecule has 0 amide bonds. The van der Waals surface area contributed by atoms with Gasteiger partial charge in [0.05, 0.1) is 12.8 Å². The van der Waals surface area contributed by atoms with Crippen molar-refractivity contribution in [3.8, 4) is 5.75 Å². The molecule has 6 rings (SSSR count). The van der Waals surface area contributed by atoms with Crippen molar-refractivity contribution in [3.05, 3.63) is 95.6 Å². The predicted octanol–water partition coefficient (Wildman–Crippen LogP) is 6.95. The molecule has 3 fully saturated rings. The number of anilines is 1. The van der Waals surface area contributed by atoms with Crippen molar-refractivity contribution < 1.29 is 4.74 Å². The average molecular weight is 469 g/mol. The number of nitrogens with zero attached hydrogens (tertiary/aromatic N) is 1. The smallest absolute Gasteiger partial charge is 0.141 e. The fourth-order valence-electron chi connectivity index (χ4n) is 6.39. The van der Waals surface area contributed by atoms with Gasteiger partial charge in [-0.1, -0.05) is 87.5 Å². The van der Waals surface area contributed by atoms with E-state index in [9.17, 15) is 0 Å². The Kier molecular flexibility index (Phi) is 6.88. The van der Waals surface area contributed by atoms with Gasteiger partial charge in [0.2, 0.25) is 0 Å². The number of hydrogen-bond donors (Lipinski definition) is 1. The van der Waals surface area contributed by atoms with Gasteiger partial charge in [-0.25, -0.2) is 0 Å².